The first-order valence-corrected chi connectivity index (χ1v) is 7.71. The van der Waals surface area contributed by atoms with Gasteiger partial charge in [0.1, 0.15) is 29.3 Å². The van der Waals surface area contributed by atoms with Crippen LogP contribution in [0.2, 0.25) is 0 Å². The van der Waals surface area contributed by atoms with Crippen molar-refractivity contribution in [2.75, 3.05) is 43.5 Å². The van der Waals surface area contributed by atoms with Crippen LogP contribution in [0.25, 0.3) is 0 Å². The quantitative estimate of drug-likeness (QED) is 0.686. The Bertz CT molecular complexity index is 704. The number of anilines is 2. The number of nitrogens with zero attached hydrogens (tertiary/aromatic N) is 5. The van der Waals surface area contributed by atoms with Crippen molar-refractivity contribution in [3.63, 3.8) is 0 Å². The molecule has 128 valence electrons. The van der Waals surface area contributed by atoms with E-state index < -0.39 is 5.60 Å². The number of aromatic amines is 1. The Morgan fingerprint density at radius 2 is 2.33 bits per heavy atom. The number of nitrogens with one attached hydrogen (secondary N) is 2. The molecule has 3 rings (SSSR count). The zero-order valence-corrected chi connectivity index (χ0v) is 13.7. The average Bonchev–Trinajstić information content (AvgIpc) is 3.23. The van der Waals surface area contributed by atoms with Crippen molar-refractivity contribution in [3.8, 4) is 0 Å². The summed E-state index contributed by atoms with van der Waals surface area (Å²) in [5.74, 6) is 1.30. The molecule has 0 bridgehead atoms. The number of carbonyl (C=O) groups excluding carboxylic acids is 1. The molecule has 1 atom stereocenters. The molecule has 9 nitrogen and oxygen atoms in total. The summed E-state index contributed by atoms with van der Waals surface area (Å²) < 4.78 is 0. The largest absolute Gasteiger partial charge is 0.386 e. The molecule has 1 aliphatic heterocycles. The molecule has 1 saturated heterocycles. The van der Waals surface area contributed by atoms with Gasteiger partial charge in [-0.25, -0.2) is 9.97 Å². The Morgan fingerprint density at radius 1 is 1.50 bits per heavy atom. The van der Waals surface area contributed by atoms with Crippen molar-refractivity contribution in [3.05, 3.63) is 30.4 Å². The van der Waals surface area contributed by atoms with E-state index in [-0.39, 0.29) is 12.5 Å². The molecular formula is C15H21N7O2. The first-order valence-electron chi connectivity index (χ1n) is 7.71. The fourth-order valence-corrected chi connectivity index (χ4v) is 2.67. The molecule has 0 aromatic carbocycles. The lowest BCUT2D eigenvalue weighted by Crippen LogP contribution is -2.45. The van der Waals surface area contributed by atoms with Gasteiger partial charge in [-0.3, -0.25) is 9.89 Å². The minimum Gasteiger partial charge on any atom is -0.386 e. The van der Waals surface area contributed by atoms with Gasteiger partial charge in [0.25, 0.3) is 5.91 Å². The molecule has 0 spiro atoms. The maximum atomic E-state index is 11.9. The number of hydrogen-bond acceptors (Lipinski definition) is 7. The third-order valence-corrected chi connectivity index (χ3v) is 4.08. The summed E-state index contributed by atoms with van der Waals surface area (Å²) >= 11 is 0. The number of amides is 1. The molecule has 0 radical (unpaired) electrons. The van der Waals surface area contributed by atoms with Crippen molar-refractivity contribution in [2.24, 2.45) is 0 Å². The van der Waals surface area contributed by atoms with E-state index in [4.69, 9.17) is 0 Å². The first kappa shape index (κ1) is 16.2. The highest BCUT2D eigenvalue weighted by atomic mass is 16.3. The Hall–Kier alpha value is -2.68. The molecular weight excluding hydrogens is 310 g/mol. The van der Waals surface area contributed by atoms with Gasteiger partial charge < -0.3 is 20.2 Å². The second-order valence-corrected chi connectivity index (χ2v) is 6.18. The smallest absolute Gasteiger partial charge is 0.269 e. The molecule has 3 N–H and O–H groups in total. The summed E-state index contributed by atoms with van der Waals surface area (Å²) in [5.41, 5.74) is -0.612. The van der Waals surface area contributed by atoms with Crippen LogP contribution in [0.15, 0.2) is 24.7 Å². The SMILES string of the molecule is CN(C)c1cc(N2CC[C@@](O)(CNC(=O)c3ccn[nH]3)C2)ncn1. The minimum absolute atomic E-state index is 0.174. The number of aromatic nitrogens is 4. The number of hydrogen-bond donors (Lipinski definition) is 3. The normalized spacial score (nSPS) is 20.2. The lowest BCUT2D eigenvalue weighted by Gasteiger charge is -2.24. The Labute approximate surface area is 139 Å². The fourth-order valence-electron chi connectivity index (χ4n) is 2.67. The van der Waals surface area contributed by atoms with Gasteiger partial charge in [-0.2, -0.15) is 5.10 Å². The summed E-state index contributed by atoms with van der Waals surface area (Å²) in [6.45, 7) is 1.24. The van der Waals surface area contributed by atoms with Gasteiger partial charge in [0.15, 0.2) is 0 Å². The predicted octanol–water partition coefficient (Wildman–Crippen LogP) is -0.363. The van der Waals surface area contributed by atoms with Crippen molar-refractivity contribution in [2.45, 2.75) is 12.0 Å². The third-order valence-electron chi connectivity index (χ3n) is 4.08. The zero-order valence-electron chi connectivity index (χ0n) is 13.7. The monoisotopic (exact) mass is 331 g/mol. The average molecular weight is 331 g/mol. The van der Waals surface area contributed by atoms with E-state index in [1.165, 1.54) is 12.5 Å². The van der Waals surface area contributed by atoms with Gasteiger partial charge >= 0.3 is 0 Å². The summed E-state index contributed by atoms with van der Waals surface area (Å²) in [6.07, 6.45) is 3.58. The highest BCUT2D eigenvalue weighted by Gasteiger charge is 2.37. The number of H-pyrrole nitrogens is 1. The third kappa shape index (κ3) is 3.46. The number of rotatable bonds is 5. The van der Waals surface area contributed by atoms with Gasteiger partial charge in [0, 0.05) is 46.0 Å². The van der Waals surface area contributed by atoms with Crippen LogP contribution < -0.4 is 15.1 Å². The van der Waals surface area contributed by atoms with Crippen molar-refractivity contribution in [1.82, 2.24) is 25.5 Å². The molecule has 1 aliphatic rings. The summed E-state index contributed by atoms with van der Waals surface area (Å²) in [7, 11) is 3.83. The summed E-state index contributed by atoms with van der Waals surface area (Å²) in [6, 6.07) is 3.47. The second kappa shape index (κ2) is 6.44. The molecule has 9 heteroatoms. The van der Waals surface area contributed by atoms with Gasteiger partial charge in [-0.15, -0.1) is 0 Å². The fraction of sp³-hybridized carbons (Fsp3) is 0.467. The van der Waals surface area contributed by atoms with E-state index in [0.717, 1.165) is 11.6 Å². The van der Waals surface area contributed by atoms with Crippen LogP contribution in [0.1, 0.15) is 16.9 Å². The molecule has 3 heterocycles. The highest BCUT2D eigenvalue weighted by Crippen LogP contribution is 2.26. The molecule has 1 fully saturated rings. The highest BCUT2D eigenvalue weighted by molar-refractivity contribution is 5.92. The van der Waals surface area contributed by atoms with E-state index >= 15 is 0 Å². The molecule has 2 aromatic rings. The van der Waals surface area contributed by atoms with Crippen LogP contribution in [0.5, 0.6) is 0 Å². The number of carbonyl (C=O) groups is 1. The Morgan fingerprint density at radius 3 is 3.04 bits per heavy atom. The summed E-state index contributed by atoms with van der Waals surface area (Å²) in [4.78, 5) is 24.3. The zero-order chi connectivity index (χ0) is 17.2. The Kier molecular flexibility index (Phi) is 4.34. The standard InChI is InChI=1S/C15H21N7O2/c1-21(2)12-7-13(18-10-17-12)22-6-4-15(24,9-22)8-16-14(23)11-3-5-19-20-11/h3,5,7,10,24H,4,6,8-9H2,1-2H3,(H,16,23)(H,19,20)/t15-/m1/s1. The van der Waals surface area contributed by atoms with E-state index in [1.807, 2.05) is 30.0 Å². The molecule has 24 heavy (non-hydrogen) atoms. The van der Waals surface area contributed by atoms with Gasteiger partial charge in [-0.1, -0.05) is 0 Å². The van der Waals surface area contributed by atoms with Crippen LogP contribution in [-0.4, -0.2) is 70.5 Å². The van der Waals surface area contributed by atoms with Crippen LogP contribution >= 0.6 is 0 Å². The van der Waals surface area contributed by atoms with E-state index in [1.54, 1.807) is 6.07 Å². The lowest BCUT2D eigenvalue weighted by atomic mass is 10.0. The molecule has 1 amide bonds. The molecule has 2 aromatic heterocycles. The predicted molar refractivity (Wildman–Crippen MR) is 89.1 cm³/mol. The van der Waals surface area contributed by atoms with E-state index in [9.17, 15) is 9.90 Å². The minimum atomic E-state index is -0.987. The van der Waals surface area contributed by atoms with E-state index in [2.05, 4.69) is 25.5 Å². The number of aliphatic hydroxyl groups is 1. The topological polar surface area (TPSA) is 110 Å². The van der Waals surface area contributed by atoms with Crippen LogP contribution in [0, 0.1) is 0 Å². The Balaban J connectivity index is 1.61. The molecule has 0 aliphatic carbocycles. The lowest BCUT2D eigenvalue weighted by molar-refractivity contribution is 0.0574. The van der Waals surface area contributed by atoms with Crippen LogP contribution in [0.4, 0.5) is 11.6 Å². The van der Waals surface area contributed by atoms with E-state index in [0.29, 0.717) is 25.2 Å². The maximum absolute atomic E-state index is 11.9. The van der Waals surface area contributed by atoms with Crippen molar-refractivity contribution in [1.29, 1.82) is 0 Å². The molecule has 0 unspecified atom stereocenters. The molecule has 0 saturated carbocycles. The van der Waals surface area contributed by atoms with Crippen molar-refractivity contribution < 1.29 is 9.90 Å². The summed E-state index contributed by atoms with van der Waals surface area (Å²) in [5, 5.41) is 19.8. The second-order valence-electron chi connectivity index (χ2n) is 6.18. The first-order chi connectivity index (χ1) is 11.5. The van der Waals surface area contributed by atoms with Gasteiger partial charge in [0.05, 0.1) is 0 Å². The van der Waals surface area contributed by atoms with Crippen molar-refractivity contribution >= 4 is 17.5 Å². The van der Waals surface area contributed by atoms with Crippen LogP contribution in [-0.2, 0) is 0 Å². The number of β-amino-alcohol motifs (C(OH)–C–C–N with tert-alkyl or cyclic N) is 1. The van der Waals surface area contributed by atoms with Gasteiger partial charge in [0.2, 0.25) is 0 Å². The van der Waals surface area contributed by atoms with Gasteiger partial charge in [-0.05, 0) is 12.5 Å². The maximum Gasteiger partial charge on any atom is 0.269 e. The van der Waals surface area contributed by atoms with Crippen LogP contribution in [0.3, 0.4) is 0 Å².